The third-order valence-electron chi connectivity index (χ3n) is 3.87. The average Bonchev–Trinajstić information content (AvgIpc) is 2.77. The van der Waals surface area contributed by atoms with Crippen LogP contribution in [0.5, 0.6) is 0 Å². The molecule has 4 heteroatoms. The molecule has 0 aromatic heterocycles. The Labute approximate surface area is 135 Å². The summed E-state index contributed by atoms with van der Waals surface area (Å²) in [5, 5.41) is 2.66. The van der Waals surface area contributed by atoms with E-state index in [2.05, 4.69) is 5.32 Å². The Morgan fingerprint density at radius 1 is 1.04 bits per heavy atom. The van der Waals surface area contributed by atoms with Gasteiger partial charge in [0.05, 0.1) is 6.54 Å². The fraction of sp³-hybridized carbons (Fsp3) is 0.158. The molecular weight excluding hydrogens is 288 g/mol. The molecule has 2 aromatic rings. The van der Waals surface area contributed by atoms with Crippen LogP contribution in [-0.2, 0) is 11.3 Å². The lowest BCUT2D eigenvalue weighted by atomic mass is 10.1. The maximum absolute atomic E-state index is 12.5. The van der Waals surface area contributed by atoms with E-state index in [1.54, 1.807) is 6.08 Å². The molecule has 1 aliphatic heterocycles. The first-order valence-electron chi connectivity index (χ1n) is 7.50. The number of hydrogen-bond donors (Lipinski definition) is 1. The minimum atomic E-state index is -0.378. The molecular formula is C19H18N2O2. The summed E-state index contributed by atoms with van der Waals surface area (Å²) in [6.45, 7) is 4.23. The van der Waals surface area contributed by atoms with Crippen molar-refractivity contribution in [2.24, 2.45) is 0 Å². The van der Waals surface area contributed by atoms with E-state index in [1.807, 2.05) is 62.4 Å². The molecule has 0 radical (unpaired) electrons. The number of carbonyl (C=O) groups excluding carboxylic acids is 2. The van der Waals surface area contributed by atoms with Crippen LogP contribution in [0, 0.1) is 13.8 Å². The highest BCUT2D eigenvalue weighted by atomic mass is 16.2. The van der Waals surface area contributed by atoms with Crippen LogP contribution >= 0.6 is 0 Å². The second kappa shape index (κ2) is 6.08. The molecule has 1 fully saturated rings. The molecule has 1 saturated heterocycles. The Morgan fingerprint density at radius 3 is 2.57 bits per heavy atom. The van der Waals surface area contributed by atoms with Crippen LogP contribution in [0.3, 0.4) is 0 Å². The molecule has 116 valence electrons. The lowest BCUT2D eigenvalue weighted by Gasteiger charge is -2.12. The molecule has 0 bridgehead atoms. The summed E-state index contributed by atoms with van der Waals surface area (Å²) in [7, 11) is 0. The van der Waals surface area contributed by atoms with E-state index in [0.717, 1.165) is 22.3 Å². The van der Waals surface area contributed by atoms with Gasteiger partial charge in [0.2, 0.25) is 0 Å². The number of rotatable bonds is 3. The first-order valence-corrected chi connectivity index (χ1v) is 7.50. The summed E-state index contributed by atoms with van der Waals surface area (Å²) in [4.78, 5) is 25.8. The number of aryl methyl sites for hydroxylation is 2. The topological polar surface area (TPSA) is 49.4 Å². The van der Waals surface area contributed by atoms with Crippen LogP contribution in [0.15, 0.2) is 54.2 Å². The molecule has 0 atom stereocenters. The Kier molecular flexibility index (Phi) is 3.98. The van der Waals surface area contributed by atoms with Gasteiger partial charge in [-0.3, -0.25) is 9.69 Å². The van der Waals surface area contributed by atoms with Crippen LogP contribution in [0.4, 0.5) is 4.79 Å². The smallest absolute Gasteiger partial charge is 0.303 e. The Hall–Kier alpha value is -2.88. The second-order valence-electron chi connectivity index (χ2n) is 5.73. The zero-order valence-corrected chi connectivity index (χ0v) is 13.2. The van der Waals surface area contributed by atoms with Crippen LogP contribution < -0.4 is 5.32 Å². The highest BCUT2D eigenvalue weighted by molar-refractivity contribution is 6.13. The fourth-order valence-corrected chi connectivity index (χ4v) is 2.61. The monoisotopic (exact) mass is 306 g/mol. The summed E-state index contributed by atoms with van der Waals surface area (Å²) in [6, 6.07) is 15.2. The second-order valence-corrected chi connectivity index (χ2v) is 5.73. The standard InChI is InChI=1S/C19H18N2O2/c1-13-6-5-8-15(10-13)12-21-18(22)17(20-19(21)23)11-16-9-4-3-7-14(16)2/h3-11H,12H2,1-2H3,(H,20,23)/b17-11+. The molecule has 3 amide bonds. The molecule has 1 heterocycles. The molecule has 0 aliphatic carbocycles. The summed E-state index contributed by atoms with van der Waals surface area (Å²) < 4.78 is 0. The van der Waals surface area contributed by atoms with E-state index in [4.69, 9.17) is 0 Å². The molecule has 0 saturated carbocycles. The minimum absolute atomic E-state index is 0.275. The van der Waals surface area contributed by atoms with E-state index < -0.39 is 0 Å². The van der Waals surface area contributed by atoms with Gasteiger partial charge < -0.3 is 5.32 Å². The molecule has 0 unspecified atom stereocenters. The number of amides is 3. The number of benzene rings is 2. The Bertz CT molecular complexity index is 809. The van der Waals surface area contributed by atoms with Crippen molar-refractivity contribution >= 4 is 18.0 Å². The zero-order valence-electron chi connectivity index (χ0n) is 13.2. The van der Waals surface area contributed by atoms with E-state index in [9.17, 15) is 9.59 Å². The average molecular weight is 306 g/mol. The van der Waals surface area contributed by atoms with Gasteiger partial charge in [-0.2, -0.15) is 0 Å². The van der Waals surface area contributed by atoms with Crippen molar-refractivity contribution < 1.29 is 9.59 Å². The quantitative estimate of drug-likeness (QED) is 0.698. The Balaban J connectivity index is 1.84. The molecule has 0 spiro atoms. The van der Waals surface area contributed by atoms with E-state index in [0.29, 0.717) is 5.70 Å². The Morgan fingerprint density at radius 2 is 1.83 bits per heavy atom. The molecule has 23 heavy (non-hydrogen) atoms. The third-order valence-corrected chi connectivity index (χ3v) is 3.87. The van der Waals surface area contributed by atoms with Gasteiger partial charge in [-0.25, -0.2) is 4.79 Å². The number of carbonyl (C=O) groups is 2. The highest BCUT2D eigenvalue weighted by Gasteiger charge is 2.33. The predicted octanol–water partition coefficient (Wildman–Crippen LogP) is 3.40. The van der Waals surface area contributed by atoms with E-state index in [-0.39, 0.29) is 18.5 Å². The van der Waals surface area contributed by atoms with Crippen LogP contribution in [0.1, 0.15) is 22.3 Å². The van der Waals surface area contributed by atoms with Gasteiger partial charge in [-0.15, -0.1) is 0 Å². The first-order chi connectivity index (χ1) is 11.0. The van der Waals surface area contributed by atoms with E-state index in [1.165, 1.54) is 4.90 Å². The summed E-state index contributed by atoms with van der Waals surface area (Å²) in [6.07, 6.45) is 1.73. The van der Waals surface area contributed by atoms with Gasteiger partial charge in [0.25, 0.3) is 5.91 Å². The van der Waals surface area contributed by atoms with Crippen molar-refractivity contribution in [2.45, 2.75) is 20.4 Å². The van der Waals surface area contributed by atoms with Crippen LogP contribution in [0.25, 0.3) is 6.08 Å². The maximum atomic E-state index is 12.5. The van der Waals surface area contributed by atoms with Gasteiger partial charge in [-0.1, -0.05) is 54.1 Å². The van der Waals surface area contributed by atoms with Crippen molar-refractivity contribution in [2.75, 3.05) is 0 Å². The van der Waals surface area contributed by atoms with E-state index >= 15 is 0 Å². The minimum Gasteiger partial charge on any atom is -0.303 e. The number of nitrogens with one attached hydrogen (secondary N) is 1. The summed E-state index contributed by atoms with van der Waals surface area (Å²) >= 11 is 0. The summed E-state index contributed by atoms with van der Waals surface area (Å²) in [5.74, 6) is -0.292. The maximum Gasteiger partial charge on any atom is 0.329 e. The van der Waals surface area contributed by atoms with Gasteiger partial charge >= 0.3 is 6.03 Å². The number of hydrogen-bond acceptors (Lipinski definition) is 2. The van der Waals surface area contributed by atoms with Crippen molar-refractivity contribution in [3.8, 4) is 0 Å². The number of imide groups is 1. The molecule has 1 aliphatic rings. The lowest BCUT2D eigenvalue weighted by molar-refractivity contribution is -0.123. The zero-order chi connectivity index (χ0) is 16.4. The van der Waals surface area contributed by atoms with Crippen molar-refractivity contribution in [3.63, 3.8) is 0 Å². The molecule has 4 nitrogen and oxygen atoms in total. The predicted molar refractivity (Wildman–Crippen MR) is 89.4 cm³/mol. The normalized spacial score (nSPS) is 16.1. The SMILES string of the molecule is Cc1cccc(CN2C(=O)N/C(=C/c3ccccc3C)C2=O)c1. The van der Waals surface area contributed by atoms with Crippen molar-refractivity contribution in [3.05, 3.63) is 76.5 Å². The molecule has 1 N–H and O–H groups in total. The molecule has 3 rings (SSSR count). The van der Waals surface area contributed by atoms with Crippen molar-refractivity contribution in [1.29, 1.82) is 0 Å². The van der Waals surface area contributed by atoms with Crippen LogP contribution in [-0.4, -0.2) is 16.8 Å². The van der Waals surface area contributed by atoms with Gasteiger partial charge in [0, 0.05) is 0 Å². The van der Waals surface area contributed by atoms with Gasteiger partial charge in [0.15, 0.2) is 0 Å². The largest absolute Gasteiger partial charge is 0.329 e. The number of urea groups is 1. The van der Waals surface area contributed by atoms with Crippen molar-refractivity contribution in [1.82, 2.24) is 10.2 Å². The number of nitrogens with zero attached hydrogens (tertiary/aromatic N) is 1. The lowest BCUT2D eigenvalue weighted by Crippen LogP contribution is -2.30. The highest BCUT2D eigenvalue weighted by Crippen LogP contribution is 2.18. The summed E-state index contributed by atoms with van der Waals surface area (Å²) in [5.41, 5.74) is 4.33. The van der Waals surface area contributed by atoms with Gasteiger partial charge in [-0.05, 0) is 36.6 Å². The molecule has 2 aromatic carbocycles. The van der Waals surface area contributed by atoms with Crippen LogP contribution in [0.2, 0.25) is 0 Å². The van der Waals surface area contributed by atoms with Gasteiger partial charge in [0.1, 0.15) is 5.70 Å². The first kappa shape index (κ1) is 15.0. The fourth-order valence-electron chi connectivity index (χ4n) is 2.61. The third kappa shape index (κ3) is 3.16.